The van der Waals surface area contributed by atoms with Crippen LogP contribution in [0.2, 0.25) is 0 Å². The van der Waals surface area contributed by atoms with Gasteiger partial charge in [-0.1, -0.05) is 17.7 Å². The van der Waals surface area contributed by atoms with Crippen LogP contribution in [0.5, 0.6) is 0 Å². The van der Waals surface area contributed by atoms with Crippen LogP contribution in [0.15, 0.2) is 24.3 Å². The van der Waals surface area contributed by atoms with Crippen molar-refractivity contribution in [2.24, 2.45) is 0 Å². The Labute approximate surface area is 154 Å². The van der Waals surface area contributed by atoms with Gasteiger partial charge in [0.05, 0.1) is 13.2 Å². The van der Waals surface area contributed by atoms with Crippen molar-refractivity contribution >= 4 is 17.5 Å². The molecule has 138 valence electrons. The molecule has 2 aliphatic rings. The Morgan fingerprint density at radius 2 is 1.73 bits per heavy atom. The van der Waals surface area contributed by atoms with Crippen molar-refractivity contribution in [3.8, 4) is 0 Å². The highest BCUT2D eigenvalue weighted by Crippen LogP contribution is 2.32. The van der Waals surface area contributed by atoms with Crippen molar-refractivity contribution in [1.82, 2.24) is 9.97 Å². The predicted octanol–water partition coefficient (Wildman–Crippen LogP) is 3.49. The van der Waals surface area contributed by atoms with Gasteiger partial charge in [-0.15, -0.1) is 0 Å². The van der Waals surface area contributed by atoms with Crippen LogP contribution in [0, 0.1) is 20.8 Å². The summed E-state index contributed by atoms with van der Waals surface area (Å²) in [5, 5.41) is 3.44. The molecule has 0 bridgehead atoms. The average molecular weight is 354 g/mol. The first-order valence-electron chi connectivity index (χ1n) is 9.26. The molecule has 0 radical (unpaired) electrons. The number of aryl methyl sites for hydroxylation is 3. The summed E-state index contributed by atoms with van der Waals surface area (Å²) in [4.78, 5) is 11.6. The highest BCUT2D eigenvalue weighted by molar-refractivity contribution is 5.62. The molecule has 4 rings (SSSR count). The molecule has 6 nitrogen and oxygen atoms in total. The molecule has 1 aromatic heterocycles. The van der Waals surface area contributed by atoms with Crippen molar-refractivity contribution in [3.63, 3.8) is 0 Å². The predicted molar refractivity (Wildman–Crippen MR) is 102 cm³/mol. The van der Waals surface area contributed by atoms with E-state index in [1.165, 1.54) is 11.1 Å². The number of benzene rings is 1. The summed E-state index contributed by atoms with van der Waals surface area (Å²) in [6.07, 6.45) is 1.70. The number of nitrogens with one attached hydrogen (secondary N) is 1. The lowest BCUT2D eigenvalue weighted by atomic mass is 10.0. The van der Waals surface area contributed by atoms with Crippen molar-refractivity contribution in [1.29, 1.82) is 0 Å². The van der Waals surface area contributed by atoms with E-state index in [9.17, 15) is 0 Å². The largest absolute Gasteiger partial charge is 0.347 e. The summed E-state index contributed by atoms with van der Waals surface area (Å²) in [6.45, 7) is 9.29. The molecule has 6 heteroatoms. The summed E-state index contributed by atoms with van der Waals surface area (Å²) in [5.41, 5.74) is 4.49. The Kier molecular flexibility index (Phi) is 4.54. The third kappa shape index (κ3) is 3.52. The highest BCUT2D eigenvalue weighted by Gasteiger charge is 2.40. The van der Waals surface area contributed by atoms with Crippen molar-refractivity contribution < 1.29 is 9.47 Å². The Hall–Kier alpha value is -2.18. The second kappa shape index (κ2) is 6.85. The summed E-state index contributed by atoms with van der Waals surface area (Å²) in [6, 6.07) is 8.36. The van der Waals surface area contributed by atoms with E-state index >= 15 is 0 Å². The smallest absolute Gasteiger partial charge is 0.227 e. The Balaban J connectivity index is 1.51. The van der Waals surface area contributed by atoms with Crippen LogP contribution in [0.4, 0.5) is 17.5 Å². The van der Waals surface area contributed by atoms with Gasteiger partial charge in [0, 0.05) is 43.4 Å². The number of hydrogen-bond donors (Lipinski definition) is 1. The lowest BCUT2D eigenvalue weighted by Gasteiger charge is -2.37. The second-order valence-corrected chi connectivity index (χ2v) is 7.23. The van der Waals surface area contributed by atoms with Gasteiger partial charge in [-0.25, -0.2) is 4.98 Å². The van der Waals surface area contributed by atoms with Gasteiger partial charge in [-0.2, -0.15) is 4.98 Å². The van der Waals surface area contributed by atoms with Crippen LogP contribution in [0.25, 0.3) is 0 Å². The maximum absolute atomic E-state index is 5.81. The van der Waals surface area contributed by atoms with E-state index in [4.69, 9.17) is 14.5 Å². The van der Waals surface area contributed by atoms with E-state index in [1.807, 2.05) is 13.0 Å². The van der Waals surface area contributed by atoms with Gasteiger partial charge >= 0.3 is 0 Å². The number of aromatic nitrogens is 2. The molecule has 0 amide bonds. The number of hydrogen-bond acceptors (Lipinski definition) is 6. The van der Waals surface area contributed by atoms with Gasteiger partial charge < -0.3 is 19.7 Å². The molecule has 0 atom stereocenters. The zero-order valence-corrected chi connectivity index (χ0v) is 15.7. The number of piperidine rings is 1. The molecule has 3 heterocycles. The summed E-state index contributed by atoms with van der Waals surface area (Å²) < 4.78 is 11.6. The van der Waals surface area contributed by atoms with E-state index < -0.39 is 0 Å². The third-order valence-electron chi connectivity index (χ3n) is 5.11. The minimum absolute atomic E-state index is 0.375. The Morgan fingerprint density at radius 1 is 1.00 bits per heavy atom. The quantitative estimate of drug-likeness (QED) is 0.910. The van der Waals surface area contributed by atoms with Gasteiger partial charge in [0.1, 0.15) is 5.82 Å². The van der Waals surface area contributed by atoms with Crippen LogP contribution in [0.1, 0.15) is 29.7 Å². The van der Waals surface area contributed by atoms with Crippen LogP contribution < -0.4 is 10.2 Å². The van der Waals surface area contributed by atoms with Gasteiger partial charge in [0.2, 0.25) is 5.95 Å². The second-order valence-electron chi connectivity index (χ2n) is 7.23. The molecule has 1 spiro atoms. The molecule has 1 N–H and O–H groups in total. The van der Waals surface area contributed by atoms with E-state index in [2.05, 4.69) is 47.2 Å². The maximum Gasteiger partial charge on any atom is 0.227 e. The first-order chi connectivity index (χ1) is 12.5. The van der Waals surface area contributed by atoms with Crippen molar-refractivity contribution in [2.75, 3.05) is 36.5 Å². The molecule has 2 saturated heterocycles. The van der Waals surface area contributed by atoms with Gasteiger partial charge in [-0.05, 0) is 32.4 Å². The van der Waals surface area contributed by atoms with Gasteiger partial charge in [0.15, 0.2) is 5.79 Å². The van der Waals surface area contributed by atoms with Crippen LogP contribution in [-0.4, -0.2) is 42.1 Å². The first kappa shape index (κ1) is 17.2. The minimum atomic E-state index is -0.375. The van der Waals surface area contributed by atoms with Crippen LogP contribution in [-0.2, 0) is 9.47 Å². The number of nitrogens with zero attached hydrogens (tertiary/aromatic N) is 3. The Morgan fingerprint density at radius 3 is 2.42 bits per heavy atom. The highest BCUT2D eigenvalue weighted by atomic mass is 16.7. The topological polar surface area (TPSA) is 59.5 Å². The summed E-state index contributed by atoms with van der Waals surface area (Å²) in [5.74, 6) is 1.22. The maximum atomic E-state index is 5.81. The summed E-state index contributed by atoms with van der Waals surface area (Å²) >= 11 is 0. The fourth-order valence-corrected chi connectivity index (χ4v) is 3.68. The fraction of sp³-hybridized carbons (Fsp3) is 0.500. The molecule has 1 aromatic carbocycles. The van der Waals surface area contributed by atoms with E-state index in [0.29, 0.717) is 13.2 Å². The number of rotatable bonds is 3. The molecule has 2 aliphatic heterocycles. The zero-order chi connectivity index (χ0) is 18.1. The molecule has 0 aliphatic carbocycles. The molecule has 26 heavy (non-hydrogen) atoms. The molecule has 0 saturated carbocycles. The zero-order valence-electron chi connectivity index (χ0n) is 15.7. The monoisotopic (exact) mass is 354 g/mol. The van der Waals surface area contributed by atoms with Gasteiger partial charge in [0.25, 0.3) is 0 Å². The van der Waals surface area contributed by atoms with Gasteiger partial charge in [-0.3, -0.25) is 0 Å². The average Bonchev–Trinajstić information content (AvgIpc) is 3.06. The lowest BCUT2D eigenvalue weighted by molar-refractivity contribution is -0.169. The summed E-state index contributed by atoms with van der Waals surface area (Å²) in [7, 11) is 0. The van der Waals surface area contributed by atoms with Crippen molar-refractivity contribution in [2.45, 2.75) is 39.4 Å². The number of anilines is 3. The molecular weight excluding hydrogens is 328 g/mol. The van der Waals surface area contributed by atoms with E-state index in [1.54, 1.807) is 0 Å². The fourth-order valence-electron chi connectivity index (χ4n) is 3.68. The lowest BCUT2D eigenvalue weighted by Crippen LogP contribution is -2.45. The molecular formula is C20H26N4O2. The standard InChI is InChI=1S/C20H26N4O2/c1-14-4-5-17(15(2)12-14)22-18-13-16(3)21-19(23-18)24-8-6-20(7-9-24)25-10-11-26-20/h4-5,12-13H,6-11H2,1-3H3,(H,21,22,23). The third-order valence-corrected chi connectivity index (χ3v) is 5.11. The molecule has 0 unspecified atom stereocenters. The molecule has 2 fully saturated rings. The minimum Gasteiger partial charge on any atom is -0.347 e. The van der Waals surface area contributed by atoms with Crippen LogP contribution in [0.3, 0.4) is 0 Å². The first-order valence-corrected chi connectivity index (χ1v) is 9.26. The van der Waals surface area contributed by atoms with Crippen molar-refractivity contribution in [3.05, 3.63) is 41.1 Å². The van der Waals surface area contributed by atoms with E-state index in [0.717, 1.165) is 49.1 Å². The normalized spacial score (nSPS) is 19.1. The van der Waals surface area contributed by atoms with E-state index in [-0.39, 0.29) is 5.79 Å². The number of ether oxygens (including phenoxy) is 2. The van der Waals surface area contributed by atoms with Crippen LogP contribution >= 0.6 is 0 Å². The Bertz CT molecular complexity index is 792. The SMILES string of the molecule is Cc1ccc(Nc2cc(C)nc(N3CCC4(CC3)OCCO4)n2)c(C)c1. The molecule has 2 aromatic rings.